The topological polar surface area (TPSA) is 36.4 Å². The third-order valence-electron chi connectivity index (χ3n) is 5.90. The van der Waals surface area contributed by atoms with Crippen LogP contribution in [0.2, 0.25) is 0 Å². The van der Waals surface area contributed by atoms with Gasteiger partial charge in [-0.1, -0.05) is 0 Å². The molecule has 0 saturated carbocycles. The van der Waals surface area contributed by atoms with Crippen molar-refractivity contribution in [2.45, 2.75) is 64.6 Å². The summed E-state index contributed by atoms with van der Waals surface area (Å²) in [5.41, 5.74) is 1.78. The summed E-state index contributed by atoms with van der Waals surface area (Å²) in [5, 5.41) is 0.934. The van der Waals surface area contributed by atoms with Crippen molar-refractivity contribution in [2.24, 2.45) is 0 Å². The minimum absolute atomic E-state index is 0.0886. The molecule has 2 atom stereocenters. The van der Waals surface area contributed by atoms with Gasteiger partial charge in [0.25, 0.3) is 5.91 Å². The Labute approximate surface area is 164 Å². The van der Waals surface area contributed by atoms with E-state index in [4.69, 9.17) is 0 Å². The largest absolute Gasteiger partial charge is 0.361 e. The van der Waals surface area contributed by atoms with E-state index in [1.807, 2.05) is 26.0 Å². The number of nitrogens with zero attached hydrogens (tertiary/aromatic N) is 3. The second-order valence-corrected chi connectivity index (χ2v) is 9.49. The summed E-state index contributed by atoms with van der Waals surface area (Å²) in [7, 11) is 0. The van der Waals surface area contributed by atoms with Gasteiger partial charge >= 0.3 is 0 Å². The van der Waals surface area contributed by atoms with Crippen molar-refractivity contribution in [3.8, 4) is 0 Å². The zero-order valence-corrected chi connectivity index (χ0v) is 17.1. The Balaban J connectivity index is 1.67. The maximum absolute atomic E-state index is 13.4. The lowest BCUT2D eigenvalue weighted by atomic mass is 9.94. The van der Waals surface area contributed by atoms with Gasteiger partial charge in [-0.25, -0.2) is 9.37 Å². The first-order valence-corrected chi connectivity index (χ1v) is 10.4. The Hall–Kier alpha value is -1.95. The third-order valence-corrected chi connectivity index (χ3v) is 6.96. The number of halogens is 1. The van der Waals surface area contributed by atoms with E-state index in [1.165, 1.54) is 23.5 Å². The van der Waals surface area contributed by atoms with Crippen LogP contribution < -0.4 is 4.90 Å². The molecule has 2 aliphatic rings. The van der Waals surface area contributed by atoms with Gasteiger partial charge in [0, 0.05) is 17.8 Å². The molecule has 0 radical (unpaired) electrons. The molecule has 1 aromatic carbocycles. The highest BCUT2D eigenvalue weighted by Crippen LogP contribution is 2.44. The van der Waals surface area contributed by atoms with Gasteiger partial charge in [-0.05, 0) is 71.2 Å². The predicted octanol–water partition coefficient (Wildman–Crippen LogP) is 4.56. The Morgan fingerprint density at radius 3 is 2.56 bits per heavy atom. The van der Waals surface area contributed by atoms with E-state index in [-0.39, 0.29) is 29.3 Å². The quantitative estimate of drug-likeness (QED) is 0.758. The van der Waals surface area contributed by atoms with Crippen LogP contribution in [0, 0.1) is 19.7 Å². The average molecular weight is 388 g/mol. The van der Waals surface area contributed by atoms with Gasteiger partial charge in [-0.3, -0.25) is 4.79 Å². The van der Waals surface area contributed by atoms with Gasteiger partial charge in [0.15, 0.2) is 0 Å². The van der Waals surface area contributed by atoms with Crippen molar-refractivity contribution >= 4 is 22.9 Å². The van der Waals surface area contributed by atoms with Crippen molar-refractivity contribution in [3.05, 3.63) is 45.7 Å². The first-order chi connectivity index (χ1) is 12.8. The number of likely N-dealkylation sites (tertiary alicyclic amines) is 1. The van der Waals surface area contributed by atoms with Gasteiger partial charge in [0.2, 0.25) is 0 Å². The SMILES string of the molecule is Cc1nc(C)c(C(=O)N2CCC[C@H]3[C@@H]2CC(C)(C)N3c2ccc(F)cc2)s1. The van der Waals surface area contributed by atoms with Crippen molar-refractivity contribution in [3.63, 3.8) is 0 Å². The second kappa shape index (κ2) is 6.59. The number of fused-ring (bicyclic) bond motifs is 1. The fourth-order valence-corrected chi connectivity index (χ4v) is 5.77. The van der Waals surface area contributed by atoms with Crippen LogP contribution in [0.4, 0.5) is 10.1 Å². The van der Waals surface area contributed by atoms with E-state index in [0.29, 0.717) is 0 Å². The Morgan fingerprint density at radius 2 is 1.93 bits per heavy atom. The molecule has 0 bridgehead atoms. The lowest BCUT2D eigenvalue weighted by Crippen LogP contribution is -2.52. The monoisotopic (exact) mass is 387 g/mol. The number of carbonyl (C=O) groups is 1. The van der Waals surface area contributed by atoms with Crippen LogP contribution in [-0.2, 0) is 0 Å². The molecule has 6 heteroatoms. The number of carbonyl (C=O) groups excluding carboxylic acids is 1. The summed E-state index contributed by atoms with van der Waals surface area (Å²) in [6.07, 6.45) is 2.95. The lowest BCUT2D eigenvalue weighted by molar-refractivity contribution is 0.0609. The summed E-state index contributed by atoms with van der Waals surface area (Å²) >= 11 is 1.49. The molecular formula is C21H26FN3OS. The molecule has 144 valence electrons. The minimum atomic E-state index is -0.219. The van der Waals surface area contributed by atoms with Gasteiger partial charge in [-0.2, -0.15) is 0 Å². The molecule has 1 aromatic heterocycles. The molecule has 0 aliphatic carbocycles. The maximum Gasteiger partial charge on any atom is 0.266 e. The first kappa shape index (κ1) is 18.4. The highest BCUT2D eigenvalue weighted by atomic mass is 32.1. The van der Waals surface area contributed by atoms with E-state index in [2.05, 4.69) is 28.6 Å². The first-order valence-electron chi connectivity index (χ1n) is 9.58. The summed E-state index contributed by atoms with van der Waals surface area (Å²) in [6.45, 7) is 9.10. The summed E-state index contributed by atoms with van der Waals surface area (Å²) in [4.78, 5) is 23.0. The number of anilines is 1. The predicted molar refractivity (Wildman–Crippen MR) is 107 cm³/mol. The molecule has 0 N–H and O–H groups in total. The second-order valence-electron chi connectivity index (χ2n) is 8.29. The van der Waals surface area contributed by atoms with Crippen LogP contribution >= 0.6 is 11.3 Å². The van der Waals surface area contributed by atoms with Crippen molar-refractivity contribution < 1.29 is 9.18 Å². The highest BCUT2D eigenvalue weighted by molar-refractivity contribution is 7.13. The summed E-state index contributed by atoms with van der Waals surface area (Å²) in [5.74, 6) is -0.103. The summed E-state index contributed by atoms with van der Waals surface area (Å²) in [6, 6.07) is 7.20. The Morgan fingerprint density at radius 1 is 1.22 bits per heavy atom. The smallest absolute Gasteiger partial charge is 0.266 e. The van der Waals surface area contributed by atoms with Crippen molar-refractivity contribution in [1.29, 1.82) is 0 Å². The fraction of sp³-hybridized carbons (Fsp3) is 0.524. The highest BCUT2D eigenvalue weighted by Gasteiger charge is 2.51. The van der Waals surface area contributed by atoms with Crippen LogP contribution in [0.1, 0.15) is 53.5 Å². The van der Waals surface area contributed by atoms with Crippen molar-refractivity contribution in [1.82, 2.24) is 9.88 Å². The van der Waals surface area contributed by atoms with Crippen molar-refractivity contribution in [2.75, 3.05) is 11.4 Å². The normalized spacial score (nSPS) is 24.2. The van der Waals surface area contributed by atoms with E-state index in [0.717, 1.165) is 47.1 Å². The van der Waals surface area contributed by atoms with E-state index in [9.17, 15) is 9.18 Å². The molecular weight excluding hydrogens is 361 g/mol. The number of thiazole rings is 1. The number of benzene rings is 1. The molecule has 2 saturated heterocycles. The van der Waals surface area contributed by atoms with Crippen LogP contribution in [0.5, 0.6) is 0 Å². The standard InChI is InChI=1S/C21H26FN3OS/c1-13-19(27-14(2)23-13)20(26)24-11-5-6-17-18(24)12-21(3,4)25(17)16-9-7-15(22)8-10-16/h7-10,17-18H,5-6,11-12H2,1-4H3/t17-,18-/m0/s1. The van der Waals surface area contributed by atoms with Crippen LogP contribution in [0.15, 0.2) is 24.3 Å². The molecule has 27 heavy (non-hydrogen) atoms. The molecule has 0 unspecified atom stereocenters. The molecule has 2 aromatic rings. The number of piperidine rings is 1. The van der Waals surface area contributed by atoms with Gasteiger partial charge in [0.05, 0.1) is 22.8 Å². The Bertz CT molecular complexity index is 861. The van der Waals surface area contributed by atoms with Gasteiger partial charge < -0.3 is 9.80 Å². The molecule has 4 rings (SSSR count). The number of aryl methyl sites for hydroxylation is 2. The minimum Gasteiger partial charge on any atom is -0.361 e. The number of hydrogen-bond donors (Lipinski definition) is 0. The number of aromatic nitrogens is 1. The lowest BCUT2D eigenvalue weighted by Gasteiger charge is -2.42. The number of hydrogen-bond acceptors (Lipinski definition) is 4. The maximum atomic E-state index is 13.4. The zero-order valence-electron chi connectivity index (χ0n) is 16.3. The molecule has 3 heterocycles. The molecule has 2 aliphatic heterocycles. The zero-order chi connectivity index (χ0) is 19.3. The van der Waals surface area contributed by atoms with Crippen LogP contribution in [0.3, 0.4) is 0 Å². The molecule has 0 spiro atoms. The van der Waals surface area contributed by atoms with Crippen LogP contribution in [0.25, 0.3) is 0 Å². The fourth-order valence-electron chi connectivity index (χ4n) is 4.90. The average Bonchev–Trinajstić information content (AvgIpc) is 3.09. The Kier molecular flexibility index (Phi) is 4.49. The summed E-state index contributed by atoms with van der Waals surface area (Å²) < 4.78 is 13.4. The van der Waals surface area contributed by atoms with E-state index < -0.39 is 0 Å². The van der Waals surface area contributed by atoms with Crippen LogP contribution in [-0.4, -0.2) is 40.0 Å². The number of amides is 1. The van der Waals surface area contributed by atoms with Gasteiger partial charge in [-0.15, -0.1) is 11.3 Å². The third kappa shape index (κ3) is 3.14. The molecule has 4 nitrogen and oxygen atoms in total. The van der Waals surface area contributed by atoms with E-state index in [1.54, 1.807) is 0 Å². The molecule has 2 fully saturated rings. The van der Waals surface area contributed by atoms with E-state index >= 15 is 0 Å². The number of rotatable bonds is 2. The van der Waals surface area contributed by atoms with Gasteiger partial charge in [0.1, 0.15) is 10.7 Å². The molecule has 1 amide bonds.